The standard InChI is InChI=1S/C8H14Cl2N2O2S/c1-2-8(7-11)15(13,14)12(5-3-9)6-4-10/h8H,2-6H2,1H3. The topological polar surface area (TPSA) is 61.2 Å². The van der Waals surface area contributed by atoms with Gasteiger partial charge in [0.05, 0.1) is 6.07 Å². The van der Waals surface area contributed by atoms with Gasteiger partial charge in [0.25, 0.3) is 0 Å². The van der Waals surface area contributed by atoms with E-state index in [2.05, 4.69) is 0 Å². The molecule has 0 spiro atoms. The van der Waals surface area contributed by atoms with Gasteiger partial charge in [-0.05, 0) is 6.42 Å². The summed E-state index contributed by atoms with van der Waals surface area (Å²) in [7, 11) is -3.58. The summed E-state index contributed by atoms with van der Waals surface area (Å²) in [4.78, 5) is 0. The summed E-state index contributed by atoms with van der Waals surface area (Å²) in [6, 6.07) is 1.77. The zero-order valence-electron chi connectivity index (χ0n) is 8.49. The Bertz CT molecular complexity index is 307. The van der Waals surface area contributed by atoms with Crippen LogP contribution >= 0.6 is 23.2 Å². The lowest BCUT2D eigenvalue weighted by Crippen LogP contribution is -2.40. The minimum atomic E-state index is -3.58. The van der Waals surface area contributed by atoms with Gasteiger partial charge in [0.15, 0.2) is 5.25 Å². The van der Waals surface area contributed by atoms with Crippen molar-refractivity contribution in [2.45, 2.75) is 18.6 Å². The second-order valence-electron chi connectivity index (χ2n) is 2.85. The highest BCUT2D eigenvalue weighted by Gasteiger charge is 2.29. The Hall–Kier alpha value is -0.0200. The van der Waals surface area contributed by atoms with E-state index >= 15 is 0 Å². The Balaban J connectivity index is 4.86. The number of hydrogen-bond acceptors (Lipinski definition) is 3. The molecule has 0 saturated carbocycles. The van der Waals surface area contributed by atoms with Crippen LogP contribution in [0.4, 0.5) is 0 Å². The molecular weight excluding hydrogens is 259 g/mol. The maximum Gasteiger partial charge on any atom is 0.230 e. The van der Waals surface area contributed by atoms with Crippen LogP contribution < -0.4 is 0 Å². The molecule has 0 saturated heterocycles. The molecule has 0 radical (unpaired) electrons. The van der Waals surface area contributed by atoms with Gasteiger partial charge < -0.3 is 0 Å². The quantitative estimate of drug-likeness (QED) is 0.659. The van der Waals surface area contributed by atoms with Crippen molar-refractivity contribution in [1.29, 1.82) is 5.26 Å². The molecule has 0 rings (SSSR count). The van der Waals surface area contributed by atoms with Gasteiger partial charge in [0.2, 0.25) is 10.0 Å². The first-order chi connectivity index (χ1) is 7.04. The third-order valence-electron chi connectivity index (χ3n) is 1.90. The molecule has 0 aromatic heterocycles. The summed E-state index contributed by atoms with van der Waals surface area (Å²) in [6.45, 7) is 2.04. The zero-order chi connectivity index (χ0) is 11.9. The van der Waals surface area contributed by atoms with Gasteiger partial charge in [-0.15, -0.1) is 23.2 Å². The van der Waals surface area contributed by atoms with E-state index < -0.39 is 15.3 Å². The van der Waals surface area contributed by atoms with Crippen LogP contribution in [-0.4, -0.2) is 42.8 Å². The fraction of sp³-hybridized carbons (Fsp3) is 0.875. The van der Waals surface area contributed by atoms with E-state index in [0.717, 1.165) is 0 Å². The maximum atomic E-state index is 11.9. The van der Waals surface area contributed by atoms with Crippen LogP contribution in [0.1, 0.15) is 13.3 Å². The summed E-state index contributed by atoms with van der Waals surface area (Å²) in [5, 5.41) is 7.71. The van der Waals surface area contributed by atoms with Crippen molar-refractivity contribution in [2.24, 2.45) is 0 Å². The molecule has 0 aromatic carbocycles. The first-order valence-electron chi connectivity index (χ1n) is 4.55. The molecule has 0 fully saturated rings. The second-order valence-corrected chi connectivity index (χ2v) is 5.72. The van der Waals surface area contributed by atoms with Gasteiger partial charge in [0, 0.05) is 24.8 Å². The zero-order valence-corrected chi connectivity index (χ0v) is 10.8. The molecule has 0 aliphatic rings. The Labute approximate surface area is 101 Å². The Morgan fingerprint density at radius 2 is 1.80 bits per heavy atom. The third kappa shape index (κ3) is 4.15. The minimum Gasteiger partial charge on any atom is -0.211 e. The monoisotopic (exact) mass is 272 g/mol. The maximum absolute atomic E-state index is 11.9. The molecular formula is C8H14Cl2N2O2S. The molecule has 15 heavy (non-hydrogen) atoms. The molecule has 0 aliphatic carbocycles. The normalized spacial score (nSPS) is 13.8. The van der Waals surface area contributed by atoms with E-state index in [9.17, 15) is 8.42 Å². The smallest absolute Gasteiger partial charge is 0.211 e. The van der Waals surface area contributed by atoms with Crippen molar-refractivity contribution in [3.63, 3.8) is 0 Å². The number of sulfonamides is 1. The van der Waals surface area contributed by atoms with E-state index in [4.69, 9.17) is 28.5 Å². The van der Waals surface area contributed by atoms with Gasteiger partial charge in [0.1, 0.15) is 0 Å². The number of nitriles is 1. The molecule has 1 atom stereocenters. The Morgan fingerprint density at radius 3 is 2.07 bits per heavy atom. The second kappa shape index (κ2) is 7.29. The Kier molecular flexibility index (Phi) is 7.28. The molecule has 0 N–H and O–H groups in total. The van der Waals surface area contributed by atoms with Crippen LogP contribution in [-0.2, 0) is 10.0 Å². The van der Waals surface area contributed by atoms with Crippen LogP contribution in [0, 0.1) is 11.3 Å². The summed E-state index contributed by atoms with van der Waals surface area (Å²) in [5.74, 6) is 0.385. The fourth-order valence-corrected chi connectivity index (χ4v) is 3.32. The predicted molar refractivity (Wildman–Crippen MR) is 61.6 cm³/mol. The molecule has 0 aromatic rings. The number of halogens is 2. The van der Waals surface area contributed by atoms with Crippen LogP contribution in [0.3, 0.4) is 0 Å². The highest BCUT2D eigenvalue weighted by molar-refractivity contribution is 7.90. The first kappa shape index (κ1) is 15.0. The molecule has 0 heterocycles. The number of rotatable bonds is 7. The fourth-order valence-electron chi connectivity index (χ4n) is 1.10. The summed E-state index contributed by atoms with van der Waals surface area (Å²) < 4.78 is 24.9. The van der Waals surface area contributed by atoms with Crippen LogP contribution in [0.2, 0.25) is 0 Å². The van der Waals surface area contributed by atoms with E-state index in [1.165, 1.54) is 4.31 Å². The van der Waals surface area contributed by atoms with Crippen LogP contribution in [0.15, 0.2) is 0 Å². The van der Waals surface area contributed by atoms with Gasteiger partial charge in [-0.2, -0.15) is 9.57 Å². The third-order valence-corrected chi connectivity index (χ3v) is 4.48. The Morgan fingerprint density at radius 1 is 1.33 bits per heavy atom. The van der Waals surface area contributed by atoms with Gasteiger partial charge in [-0.1, -0.05) is 6.92 Å². The summed E-state index contributed by atoms with van der Waals surface area (Å²) in [5.41, 5.74) is 0. The van der Waals surface area contributed by atoms with Crippen molar-refractivity contribution in [3.8, 4) is 6.07 Å². The van der Waals surface area contributed by atoms with Crippen molar-refractivity contribution >= 4 is 33.2 Å². The molecule has 7 heteroatoms. The molecule has 0 aliphatic heterocycles. The number of alkyl halides is 2. The van der Waals surface area contributed by atoms with Crippen molar-refractivity contribution in [1.82, 2.24) is 4.31 Å². The molecule has 0 bridgehead atoms. The lowest BCUT2D eigenvalue weighted by molar-refractivity contribution is 0.442. The highest BCUT2D eigenvalue weighted by Crippen LogP contribution is 2.12. The van der Waals surface area contributed by atoms with Crippen molar-refractivity contribution in [3.05, 3.63) is 0 Å². The van der Waals surface area contributed by atoms with E-state index in [1.54, 1.807) is 13.0 Å². The van der Waals surface area contributed by atoms with Gasteiger partial charge in [-0.3, -0.25) is 0 Å². The lowest BCUT2D eigenvalue weighted by Gasteiger charge is -2.22. The van der Waals surface area contributed by atoms with Crippen molar-refractivity contribution < 1.29 is 8.42 Å². The van der Waals surface area contributed by atoms with Crippen LogP contribution in [0.25, 0.3) is 0 Å². The number of hydrogen-bond donors (Lipinski definition) is 0. The van der Waals surface area contributed by atoms with E-state index in [0.29, 0.717) is 0 Å². The predicted octanol–water partition coefficient (Wildman–Crippen LogP) is 1.40. The number of nitrogens with zero attached hydrogens (tertiary/aromatic N) is 2. The summed E-state index contributed by atoms with van der Waals surface area (Å²) >= 11 is 11.0. The lowest BCUT2D eigenvalue weighted by atomic mass is 10.4. The molecule has 1 unspecified atom stereocenters. The highest BCUT2D eigenvalue weighted by atomic mass is 35.5. The van der Waals surface area contributed by atoms with Gasteiger partial charge in [-0.25, -0.2) is 8.42 Å². The van der Waals surface area contributed by atoms with Crippen molar-refractivity contribution in [2.75, 3.05) is 24.8 Å². The van der Waals surface area contributed by atoms with Crippen LogP contribution in [0.5, 0.6) is 0 Å². The average molecular weight is 273 g/mol. The largest absolute Gasteiger partial charge is 0.230 e. The molecule has 0 amide bonds. The first-order valence-corrected chi connectivity index (χ1v) is 7.12. The molecule has 88 valence electrons. The van der Waals surface area contributed by atoms with Gasteiger partial charge >= 0.3 is 0 Å². The average Bonchev–Trinajstić information content (AvgIpc) is 2.19. The van der Waals surface area contributed by atoms with E-state index in [1.807, 2.05) is 0 Å². The summed E-state index contributed by atoms with van der Waals surface area (Å²) in [6.07, 6.45) is 0.264. The van der Waals surface area contributed by atoms with E-state index in [-0.39, 0.29) is 31.3 Å². The molecule has 4 nitrogen and oxygen atoms in total. The SMILES string of the molecule is CCC(C#N)S(=O)(=O)N(CCCl)CCCl. The minimum absolute atomic E-state index is 0.189.